The zero-order valence-corrected chi connectivity index (χ0v) is 14.7. The second-order valence-electron chi connectivity index (χ2n) is 6.79. The molecule has 5 heteroatoms. The van der Waals surface area contributed by atoms with Crippen LogP contribution < -0.4 is 0 Å². The Bertz CT molecular complexity index is 625. The molecule has 1 saturated heterocycles. The molecule has 1 fully saturated rings. The van der Waals surface area contributed by atoms with Crippen LogP contribution in [0.3, 0.4) is 0 Å². The smallest absolute Gasteiger partial charge is 0.136 e. The first-order valence-corrected chi connectivity index (χ1v) is 8.85. The highest BCUT2D eigenvalue weighted by Gasteiger charge is 2.28. The average Bonchev–Trinajstić information content (AvgIpc) is 3.04. The van der Waals surface area contributed by atoms with Crippen LogP contribution in [0.1, 0.15) is 26.0 Å². The molecule has 2 aromatic rings. The Kier molecular flexibility index (Phi) is 5.66. The van der Waals surface area contributed by atoms with Gasteiger partial charge in [0.05, 0.1) is 0 Å². The number of aromatic nitrogens is 2. The molecule has 5 nitrogen and oxygen atoms in total. The van der Waals surface area contributed by atoms with Crippen molar-refractivity contribution in [3.05, 3.63) is 48.4 Å². The summed E-state index contributed by atoms with van der Waals surface area (Å²) in [6.45, 7) is 8.79. The van der Waals surface area contributed by atoms with Gasteiger partial charge in [-0.15, -0.1) is 0 Å². The fraction of sp³-hybridized carbons (Fsp3) is 0.526. The molecule has 1 N–H and O–H groups in total. The van der Waals surface area contributed by atoms with E-state index >= 15 is 0 Å². The molecule has 0 radical (unpaired) electrons. The van der Waals surface area contributed by atoms with Gasteiger partial charge >= 0.3 is 0 Å². The zero-order valence-electron chi connectivity index (χ0n) is 14.7. The van der Waals surface area contributed by atoms with Crippen LogP contribution in [0.5, 0.6) is 0 Å². The van der Waals surface area contributed by atoms with Crippen LogP contribution in [-0.2, 0) is 6.54 Å². The Hall–Kier alpha value is -1.69. The van der Waals surface area contributed by atoms with Gasteiger partial charge in [-0.1, -0.05) is 6.07 Å². The number of hydrogen-bond acceptors (Lipinski definition) is 4. The Balaban J connectivity index is 1.70. The van der Waals surface area contributed by atoms with Crippen molar-refractivity contribution in [1.82, 2.24) is 19.4 Å². The SMILES string of the molecule is CC(C)N1CCN(Cc2cccn2-c2ccccn2)C[C@@H]1CCO. The van der Waals surface area contributed by atoms with Gasteiger partial charge in [0.2, 0.25) is 0 Å². The summed E-state index contributed by atoms with van der Waals surface area (Å²) in [5.74, 6) is 0.963. The van der Waals surface area contributed by atoms with E-state index in [9.17, 15) is 5.11 Å². The number of aliphatic hydroxyl groups is 1. The van der Waals surface area contributed by atoms with Gasteiger partial charge in [-0.25, -0.2) is 4.98 Å². The van der Waals surface area contributed by atoms with Crippen LogP contribution in [0.2, 0.25) is 0 Å². The fourth-order valence-electron chi connectivity index (χ4n) is 3.66. The van der Waals surface area contributed by atoms with Gasteiger partial charge < -0.3 is 9.67 Å². The lowest BCUT2D eigenvalue weighted by atomic mass is 10.1. The van der Waals surface area contributed by atoms with Gasteiger partial charge in [-0.05, 0) is 44.5 Å². The largest absolute Gasteiger partial charge is 0.396 e. The van der Waals surface area contributed by atoms with Crippen LogP contribution in [0.4, 0.5) is 0 Å². The maximum Gasteiger partial charge on any atom is 0.136 e. The molecule has 2 aromatic heterocycles. The predicted octanol–water partition coefficient (Wildman–Crippen LogP) is 2.15. The van der Waals surface area contributed by atoms with E-state index in [4.69, 9.17) is 0 Å². The predicted molar refractivity (Wildman–Crippen MR) is 96.2 cm³/mol. The number of rotatable bonds is 6. The van der Waals surface area contributed by atoms with Gasteiger partial charge in [-0.3, -0.25) is 9.80 Å². The summed E-state index contributed by atoms with van der Waals surface area (Å²) in [5.41, 5.74) is 1.26. The van der Waals surface area contributed by atoms with Crippen molar-refractivity contribution >= 4 is 0 Å². The Labute approximate surface area is 144 Å². The quantitative estimate of drug-likeness (QED) is 0.882. The minimum atomic E-state index is 0.256. The molecule has 0 bridgehead atoms. The van der Waals surface area contributed by atoms with E-state index in [0.717, 1.165) is 38.4 Å². The molecular formula is C19H28N4O. The monoisotopic (exact) mass is 328 g/mol. The molecule has 0 unspecified atom stereocenters. The van der Waals surface area contributed by atoms with E-state index in [0.29, 0.717) is 12.1 Å². The maximum absolute atomic E-state index is 9.40. The van der Waals surface area contributed by atoms with Crippen molar-refractivity contribution in [1.29, 1.82) is 0 Å². The molecule has 1 aliphatic rings. The normalized spacial score (nSPS) is 19.9. The third-order valence-electron chi connectivity index (χ3n) is 4.85. The van der Waals surface area contributed by atoms with E-state index in [1.165, 1.54) is 5.69 Å². The lowest BCUT2D eigenvalue weighted by Crippen LogP contribution is -2.55. The van der Waals surface area contributed by atoms with Crippen LogP contribution in [0.25, 0.3) is 5.82 Å². The fourth-order valence-corrected chi connectivity index (χ4v) is 3.66. The molecule has 1 atom stereocenters. The zero-order chi connectivity index (χ0) is 16.9. The molecule has 130 valence electrons. The second-order valence-corrected chi connectivity index (χ2v) is 6.79. The molecule has 0 amide bonds. The first-order valence-electron chi connectivity index (χ1n) is 8.85. The molecular weight excluding hydrogens is 300 g/mol. The van der Waals surface area contributed by atoms with Gasteiger partial charge in [-0.2, -0.15) is 0 Å². The first-order chi connectivity index (χ1) is 11.7. The van der Waals surface area contributed by atoms with Crippen molar-refractivity contribution in [3.8, 4) is 5.82 Å². The van der Waals surface area contributed by atoms with Crippen molar-refractivity contribution < 1.29 is 5.11 Å². The van der Waals surface area contributed by atoms with Gasteiger partial charge in [0.15, 0.2) is 0 Å². The Morgan fingerprint density at radius 3 is 2.79 bits per heavy atom. The highest BCUT2D eigenvalue weighted by molar-refractivity contribution is 5.27. The topological polar surface area (TPSA) is 44.5 Å². The molecule has 3 rings (SSSR count). The summed E-state index contributed by atoms with van der Waals surface area (Å²) in [6.07, 6.45) is 4.75. The number of nitrogens with zero attached hydrogens (tertiary/aromatic N) is 4. The van der Waals surface area contributed by atoms with Crippen LogP contribution in [0, 0.1) is 0 Å². The highest BCUT2D eigenvalue weighted by atomic mass is 16.3. The summed E-state index contributed by atoms with van der Waals surface area (Å²) < 4.78 is 2.16. The minimum Gasteiger partial charge on any atom is -0.396 e. The van der Waals surface area contributed by atoms with Gasteiger partial charge in [0.25, 0.3) is 0 Å². The standard InChI is InChI=1S/C19H28N4O/c1-16(2)22-12-11-21(15-18(22)8-13-24)14-17-6-5-10-23(17)19-7-3-4-9-20-19/h3-7,9-10,16,18,24H,8,11-15H2,1-2H3/t18-/m0/s1. The van der Waals surface area contributed by atoms with E-state index in [2.05, 4.69) is 51.5 Å². The van der Waals surface area contributed by atoms with Crippen molar-refractivity contribution in [3.63, 3.8) is 0 Å². The number of piperazine rings is 1. The van der Waals surface area contributed by atoms with Crippen molar-refractivity contribution in [2.45, 2.75) is 38.9 Å². The van der Waals surface area contributed by atoms with Crippen LogP contribution in [-0.4, -0.2) is 62.8 Å². The number of aliphatic hydroxyl groups excluding tert-OH is 1. The summed E-state index contributed by atoms with van der Waals surface area (Å²) in [5, 5.41) is 9.40. The first kappa shape index (κ1) is 17.1. The summed E-state index contributed by atoms with van der Waals surface area (Å²) >= 11 is 0. The third kappa shape index (κ3) is 3.86. The molecule has 0 saturated carbocycles. The van der Waals surface area contributed by atoms with Crippen molar-refractivity contribution in [2.75, 3.05) is 26.2 Å². The van der Waals surface area contributed by atoms with E-state index in [1.54, 1.807) is 0 Å². The summed E-state index contributed by atoms with van der Waals surface area (Å²) in [4.78, 5) is 9.47. The summed E-state index contributed by atoms with van der Waals surface area (Å²) in [7, 11) is 0. The van der Waals surface area contributed by atoms with Crippen molar-refractivity contribution in [2.24, 2.45) is 0 Å². The van der Waals surface area contributed by atoms with Gasteiger partial charge in [0.1, 0.15) is 5.82 Å². The van der Waals surface area contributed by atoms with E-state index in [-0.39, 0.29) is 6.61 Å². The lowest BCUT2D eigenvalue weighted by molar-refractivity contribution is 0.0342. The highest BCUT2D eigenvalue weighted by Crippen LogP contribution is 2.19. The second kappa shape index (κ2) is 7.92. The van der Waals surface area contributed by atoms with E-state index in [1.807, 2.05) is 24.4 Å². The molecule has 0 aromatic carbocycles. The third-order valence-corrected chi connectivity index (χ3v) is 4.85. The number of hydrogen-bond donors (Lipinski definition) is 1. The van der Waals surface area contributed by atoms with Gasteiger partial charge in [0, 0.05) is 63.0 Å². The Morgan fingerprint density at radius 1 is 1.21 bits per heavy atom. The molecule has 1 aliphatic heterocycles. The van der Waals surface area contributed by atoms with Crippen LogP contribution >= 0.6 is 0 Å². The lowest BCUT2D eigenvalue weighted by Gasteiger charge is -2.43. The molecule has 0 spiro atoms. The Morgan fingerprint density at radius 2 is 2.08 bits per heavy atom. The average molecular weight is 328 g/mol. The molecule has 24 heavy (non-hydrogen) atoms. The molecule has 0 aliphatic carbocycles. The van der Waals surface area contributed by atoms with Crippen LogP contribution in [0.15, 0.2) is 42.7 Å². The maximum atomic E-state index is 9.40. The molecule has 3 heterocycles. The van der Waals surface area contributed by atoms with E-state index < -0.39 is 0 Å². The summed E-state index contributed by atoms with van der Waals surface area (Å²) in [6, 6.07) is 11.2. The number of pyridine rings is 1. The minimum absolute atomic E-state index is 0.256.